The minimum atomic E-state index is 0.120. The first-order valence-corrected chi connectivity index (χ1v) is 7.66. The lowest BCUT2D eigenvalue weighted by Gasteiger charge is -2.18. The highest BCUT2D eigenvalue weighted by molar-refractivity contribution is 9.10. The molecule has 0 bridgehead atoms. The summed E-state index contributed by atoms with van der Waals surface area (Å²) >= 11 is 14.4. The first-order valence-electron chi connectivity index (χ1n) is 6.08. The Bertz CT molecular complexity index is 628. The summed E-state index contributed by atoms with van der Waals surface area (Å²) in [6, 6.07) is 13.7. The van der Waals surface area contributed by atoms with Crippen molar-refractivity contribution in [2.24, 2.45) is 5.73 Å². The minimum absolute atomic E-state index is 0.120. The Hall–Kier alpha value is -1.10. The predicted molar refractivity (Wildman–Crippen MR) is 93.5 cm³/mol. The van der Waals surface area contributed by atoms with Crippen molar-refractivity contribution in [3.63, 3.8) is 0 Å². The van der Waals surface area contributed by atoms with Crippen molar-refractivity contribution in [2.45, 2.75) is 13.0 Å². The van der Waals surface area contributed by atoms with Gasteiger partial charge in [0.15, 0.2) is 0 Å². The molecule has 1 unspecified atom stereocenters. The van der Waals surface area contributed by atoms with Gasteiger partial charge in [0.1, 0.15) is 4.99 Å². The second kappa shape index (κ2) is 6.57. The van der Waals surface area contributed by atoms with E-state index in [1.54, 1.807) is 0 Å². The normalized spacial score (nSPS) is 11.9. The van der Waals surface area contributed by atoms with E-state index in [0.29, 0.717) is 4.99 Å². The molecule has 1 atom stereocenters. The lowest BCUT2D eigenvalue weighted by molar-refractivity contribution is 0.884. The second-order valence-corrected chi connectivity index (χ2v) is 6.26. The fourth-order valence-corrected chi connectivity index (χ4v) is 2.58. The van der Waals surface area contributed by atoms with Crippen molar-refractivity contribution in [3.8, 4) is 0 Å². The van der Waals surface area contributed by atoms with Crippen LogP contribution in [-0.4, -0.2) is 4.99 Å². The van der Waals surface area contributed by atoms with E-state index in [4.69, 9.17) is 29.6 Å². The largest absolute Gasteiger partial charge is 0.389 e. The third-order valence-electron chi connectivity index (χ3n) is 2.99. The molecule has 0 fully saturated rings. The minimum Gasteiger partial charge on any atom is -0.389 e. The molecule has 0 aliphatic carbocycles. The van der Waals surface area contributed by atoms with Gasteiger partial charge >= 0.3 is 0 Å². The van der Waals surface area contributed by atoms with E-state index >= 15 is 0 Å². The summed E-state index contributed by atoms with van der Waals surface area (Å²) < 4.78 is 0.975. The van der Waals surface area contributed by atoms with Crippen LogP contribution in [0.3, 0.4) is 0 Å². The van der Waals surface area contributed by atoms with Gasteiger partial charge in [-0.05, 0) is 42.8 Å². The number of nitrogens with one attached hydrogen (secondary N) is 1. The van der Waals surface area contributed by atoms with Crippen molar-refractivity contribution >= 4 is 50.4 Å². The molecule has 2 aromatic rings. The van der Waals surface area contributed by atoms with Crippen molar-refractivity contribution in [1.82, 2.24) is 0 Å². The van der Waals surface area contributed by atoms with Crippen LogP contribution in [0.2, 0.25) is 5.02 Å². The zero-order chi connectivity index (χ0) is 14.7. The summed E-state index contributed by atoms with van der Waals surface area (Å²) in [5.74, 6) is 0. The summed E-state index contributed by atoms with van der Waals surface area (Å²) in [5, 5.41) is 4.16. The van der Waals surface area contributed by atoms with Crippen LogP contribution in [-0.2, 0) is 0 Å². The fourth-order valence-electron chi connectivity index (χ4n) is 1.92. The summed E-state index contributed by atoms with van der Waals surface area (Å²) in [7, 11) is 0. The number of rotatable bonds is 4. The molecule has 0 aromatic heterocycles. The topological polar surface area (TPSA) is 38.0 Å². The molecule has 104 valence electrons. The summed E-state index contributed by atoms with van der Waals surface area (Å²) in [6.45, 7) is 2.08. The van der Waals surface area contributed by atoms with Crippen LogP contribution in [0.25, 0.3) is 0 Å². The summed E-state index contributed by atoms with van der Waals surface area (Å²) in [5.41, 5.74) is 8.65. The van der Waals surface area contributed by atoms with Gasteiger partial charge in [-0.25, -0.2) is 0 Å². The number of nitrogens with two attached hydrogens (primary N) is 1. The van der Waals surface area contributed by atoms with Crippen LogP contribution >= 0.6 is 39.7 Å². The Balaban J connectivity index is 2.27. The van der Waals surface area contributed by atoms with Crippen LogP contribution in [0.4, 0.5) is 5.69 Å². The van der Waals surface area contributed by atoms with Crippen molar-refractivity contribution in [1.29, 1.82) is 0 Å². The molecule has 20 heavy (non-hydrogen) atoms. The second-order valence-electron chi connectivity index (χ2n) is 4.47. The zero-order valence-electron chi connectivity index (χ0n) is 10.9. The van der Waals surface area contributed by atoms with E-state index in [2.05, 4.69) is 28.2 Å². The highest BCUT2D eigenvalue weighted by atomic mass is 79.9. The van der Waals surface area contributed by atoms with Crippen molar-refractivity contribution in [3.05, 3.63) is 63.1 Å². The van der Waals surface area contributed by atoms with E-state index in [0.717, 1.165) is 26.3 Å². The number of hydrogen-bond donors (Lipinski definition) is 2. The average molecular weight is 370 g/mol. The van der Waals surface area contributed by atoms with E-state index < -0.39 is 0 Å². The van der Waals surface area contributed by atoms with Crippen molar-refractivity contribution in [2.75, 3.05) is 5.32 Å². The van der Waals surface area contributed by atoms with Crippen molar-refractivity contribution < 1.29 is 0 Å². The van der Waals surface area contributed by atoms with Gasteiger partial charge in [-0.1, -0.05) is 51.9 Å². The van der Waals surface area contributed by atoms with Gasteiger partial charge in [0.05, 0.1) is 0 Å². The van der Waals surface area contributed by atoms with Crippen LogP contribution in [0, 0.1) is 0 Å². The standard InChI is InChI=1S/C15H14BrClN2S/c1-9(10-2-5-12(17)6-3-10)19-14-8-11(16)4-7-13(14)15(18)20/h2-9,19H,1H3,(H2,18,20). The molecule has 3 N–H and O–H groups in total. The van der Waals surface area contributed by atoms with Crippen LogP contribution in [0.15, 0.2) is 46.9 Å². The lowest BCUT2D eigenvalue weighted by Crippen LogP contribution is -2.15. The third kappa shape index (κ3) is 3.72. The van der Waals surface area contributed by atoms with Crippen LogP contribution < -0.4 is 11.1 Å². The molecule has 0 saturated heterocycles. The lowest BCUT2D eigenvalue weighted by atomic mass is 10.1. The molecule has 0 aliphatic rings. The number of halogens is 2. The Morgan fingerprint density at radius 1 is 1.25 bits per heavy atom. The molecule has 2 aromatic carbocycles. The SMILES string of the molecule is CC(Nc1cc(Br)ccc1C(N)=S)c1ccc(Cl)cc1. The van der Waals surface area contributed by atoms with Gasteiger partial charge in [0.2, 0.25) is 0 Å². The average Bonchev–Trinajstić information content (AvgIpc) is 2.39. The van der Waals surface area contributed by atoms with Gasteiger partial charge in [-0.3, -0.25) is 0 Å². The Kier molecular flexibility index (Phi) is 5.02. The molecule has 0 aliphatic heterocycles. The van der Waals surface area contributed by atoms with Crippen LogP contribution in [0.5, 0.6) is 0 Å². The molecule has 2 nitrogen and oxygen atoms in total. The maximum absolute atomic E-state index is 5.90. The molecule has 0 radical (unpaired) electrons. The van der Waals surface area contributed by atoms with Gasteiger partial charge in [0, 0.05) is 26.8 Å². The summed E-state index contributed by atoms with van der Waals surface area (Å²) in [6.07, 6.45) is 0. The third-order valence-corrected chi connectivity index (χ3v) is 3.95. The molecule has 0 heterocycles. The first-order chi connectivity index (χ1) is 9.47. The maximum atomic E-state index is 5.90. The first kappa shape index (κ1) is 15.3. The molecule has 5 heteroatoms. The monoisotopic (exact) mass is 368 g/mol. The van der Waals surface area contributed by atoms with Gasteiger partial charge in [-0.15, -0.1) is 0 Å². The highest BCUT2D eigenvalue weighted by Gasteiger charge is 2.10. The van der Waals surface area contributed by atoms with Gasteiger partial charge < -0.3 is 11.1 Å². The highest BCUT2D eigenvalue weighted by Crippen LogP contribution is 2.26. The fraction of sp³-hybridized carbons (Fsp3) is 0.133. The number of anilines is 1. The van der Waals surface area contributed by atoms with Gasteiger partial charge in [-0.2, -0.15) is 0 Å². The molecule has 0 amide bonds. The number of benzene rings is 2. The van der Waals surface area contributed by atoms with E-state index in [-0.39, 0.29) is 6.04 Å². The van der Waals surface area contributed by atoms with E-state index in [1.807, 2.05) is 42.5 Å². The molecule has 2 rings (SSSR count). The molecular weight excluding hydrogens is 356 g/mol. The summed E-state index contributed by atoms with van der Waals surface area (Å²) in [4.78, 5) is 0.378. The quantitative estimate of drug-likeness (QED) is 0.752. The van der Waals surface area contributed by atoms with E-state index in [9.17, 15) is 0 Å². The Morgan fingerprint density at radius 3 is 2.50 bits per heavy atom. The Morgan fingerprint density at radius 2 is 1.90 bits per heavy atom. The molecular formula is C15H14BrClN2S. The molecule has 0 spiro atoms. The number of hydrogen-bond acceptors (Lipinski definition) is 2. The number of thiocarbonyl (C=S) groups is 1. The van der Waals surface area contributed by atoms with Gasteiger partial charge in [0.25, 0.3) is 0 Å². The smallest absolute Gasteiger partial charge is 0.106 e. The zero-order valence-corrected chi connectivity index (χ0v) is 14.0. The Labute approximate surface area is 137 Å². The predicted octanol–water partition coefficient (Wildman–Crippen LogP) is 4.91. The molecule has 0 saturated carbocycles. The van der Waals surface area contributed by atoms with E-state index in [1.165, 1.54) is 0 Å². The van der Waals surface area contributed by atoms with Crippen LogP contribution in [0.1, 0.15) is 24.1 Å². The maximum Gasteiger partial charge on any atom is 0.106 e.